The minimum absolute atomic E-state index is 0.259. The maximum atomic E-state index is 9.91. The van der Waals surface area contributed by atoms with E-state index in [9.17, 15) is 5.11 Å². The van der Waals surface area contributed by atoms with Crippen molar-refractivity contribution in [2.45, 2.75) is 25.1 Å². The van der Waals surface area contributed by atoms with Gasteiger partial charge in [0.1, 0.15) is 10.7 Å². The molecule has 0 spiro atoms. The number of likely N-dealkylation sites (N-methyl/N-ethyl adjacent to an activating group) is 1. The molecule has 1 aliphatic heterocycles. The third-order valence-corrected chi connectivity index (χ3v) is 3.77. The molecule has 2 rings (SSSR count). The number of aromatic nitrogens is 1. The molecule has 1 aliphatic rings. The second-order valence-corrected chi connectivity index (χ2v) is 6.05. The van der Waals surface area contributed by atoms with Crippen LogP contribution >= 0.6 is 12.2 Å². The number of aliphatic hydroxyl groups is 1. The maximum absolute atomic E-state index is 9.91. The van der Waals surface area contributed by atoms with Gasteiger partial charge in [-0.05, 0) is 32.1 Å². The van der Waals surface area contributed by atoms with E-state index >= 15 is 0 Å². The lowest BCUT2D eigenvalue weighted by Crippen LogP contribution is -2.37. The Hall–Kier alpha value is -1.08. The highest BCUT2D eigenvalue weighted by molar-refractivity contribution is 7.80. The van der Waals surface area contributed by atoms with Gasteiger partial charge in [-0.2, -0.15) is 0 Å². The summed E-state index contributed by atoms with van der Waals surface area (Å²) < 4.78 is 0. The van der Waals surface area contributed by atoms with Gasteiger partial charge in [0.2, 0.25) is 0 Å². The number of likely N-dealkylation sites (tertiary alicyclic amines) is 1. The topological polar surface area (TPSA) is 65.6 Å². The molecule has 20 heavy (non-hydrogen) atoms. The average molecular weight is 294 g/mol. The van der Waals surface area contributed by atoms with Gasteiger partial charge in [0, 0.05) is 31.9 Å². The first-order chi connectivity index (χ1) is 9.47. The number of nitrogens with zero attached hydrogens (tertiary/aromatic N) is 3. The van der Waals surface area contributed by atoms with Gasteiger partial charge in [0.15, 0.2) is 0 Å². The molecule has 3 N–H and O–H groups in total. The minimum Gasteiger partial charge on any atom is -0.392 e. The first kappa shape index (κ1) is 15.3. The lowest BCUT2D eigenvalue weighted by atomic mass is 10.1. The fourth-order valence-electron chi connectivity index (χ4n) is 2.77. The van der Waals surface area contributed by atoms with Crippen molar-refractivity contribution in [3.63, 3.8) is 0 Å². The van der Waals surface area contributed by atoms with Crippen molar-refractivity contribution in [1.29, 1.82) is 0 Å². The van der Waals surface area contributed by atoms with Crippen LogP contribution in [0, 0.1) is 0 Å². The molecule has 5 nitrogen and oxygen atoms in total. The van der Waals surface area contributed by atoms with Crippen LogP contribution in [-0.2, 0) is 6.54 Å². The van der Waals surface area contributed by atoms with E-state index in [2.05, 4.69) is 14.8 Å². The largest absolute Gasteiger partial charge is 0.392 e. The van der Waals surface area contributed by atoms with Gasteiger partial charge in [-0.3, -0.25) is 9.88 Å². The van der Waals surface area contributed by atoms with Crippen LogP contribution in [0.4, 0.5) is 0 Å². The van der Waals surface area contributed by atoms with Crippen LogP contribution in [0.25, 0.3) is 0 Å². The summed E-state index contributed by atoms with van der Waals surface area (Å²) >= 11 is 5.05. The van der Waals surface area contributed by atoms with Gasteiger partial charge in [-0.25, -0.2) is 0 Å². The zero-order chi connectivity index (χ0) is 14.7. The molecule has 110 valence electrons. The average Bonchev–Trinajstić information content (AvgIpc) is 2.69. The highest BCUT2D eigenvalue weighted by Gasteiger charge is 2.31. The Balaban J connectivity index is 2.14. The van der Waals surface area contributed by atoms with Crippen molar-refractivity contribution in [2.24, 2.45) is 5.73 Å². The van der Waals surface area contributed by atoms with Crippen LogP contribution in [0.15, 0.2) is 18.3 Å². The van der Waals surface area contributed by atoms with Gasteiger partial charge >= 0.3 is 0 Å². The third kappa shape index (κ3) is 3.73. The van der Waals surface area contributed by atoms with Crippen LogP contribution in [-0.4, -0.2) is 64.2 Å². The maximum Gasteiger partial charge on any atom is 0.123 e. The van der Waals surface area contributed by atoms with E-state index in [0.717, 1.165) is 25.1 Å². The van der Waals surface area contributed by atoms with Crippen LogP contribution in [0.3, 0.4) is 0 Å². The molecular weight excluding hydrogens is 272 g/mol. The predicted molar refractivity (Wildman–Crippen MR) is 83.5 cm³/mol. The van der Waals surface area contributed by atoms with Crippen molar-refractivity contribution >= 4 is 17.2 Å². The number of β-amino-alcohol motifs (C(OH)–C–C–N with tert-alkyl or cyclic N) is 1. The normalized spacial score (nSPS) is 23.4. The summed E-state index contributed by atoms with van der Waals surface area (Å²) in [5, 5.41) is 9.91. The van der Waals surface area contributed by atoms with E-state index in [1.54, 1.807) is 6.20 Å². The Bertz CT molecular complexity index is 480. The molecule has 0 saturated carbocycles. The SMILES string of the molecule is CN(C)CC1CC(O)CN1Cc1cccnc1C(N)=S. The Morgan fingerprint density at radius 2 is 2.35 bits per heavy atom. The first-order valence-electron chi connectivity index (χ1n) is 6.78. The summed E-state index contributed by atoms with van der Waals surface area (Å²) in [6.45, 7) is 2.33. The monoisotopic (exact) mass is 294 g/mol. The Morgan fingerprint density at radius 1 is 1.60 bits per heavy atom. The summed E-state index contributed by atoms with van der Waals surface area (Å²) in [6, 6.07) is 4.24. The molecule has 0 amide bonds. The summed E-state index contributed by atoms with van der Waals surface area (Å²) in [5.74, 6) is 0. The van der Waals surface area contributed by atoms with Gasteiger partial charge in [0.05, 0.1) is 6.10 Å². The zero-order valence-electron chi connectivity index (χ0n) is 12.0. The highest BCUT2D eigenvalue weighted by Crippen LogP contribution is 2.22. The lowest BCUT2D eigenvalue weighted by molar-refractivity contribution is 0.169. The van der Waals surface area contributed by atoms with E-state index in [1.165, 1.54) is 0 Å². The highest BCUT2D eigenvalue weighted by atomic mass is 32.1. The van der Waals surface area contributed by atoms with E-state index in [-0.39, 0.29) is 6.10 Å². The number of hydrogen-bond acceptors (Lipinski definition) is 5. The second kappa shape index (κ2) is 6.58. The van der Waals surface area contributed by atoms with Crippen LogP contribution < -0.4 is 5.73 Å². The van der Waals surface area contributed by atoms with Crippen molar-refractivity contribution < 1.29 is 5.11 Å². The summed E-state index contributed by atoms with van der Waals surface area (Å²) in [6.07, 6.45) is 2.25. The van der Waals surface area contributed by atoms with Gasteiger partial charge in [-0.15, -0.1) is 0 Å². The molecule has 1 aromatic rings. The van der Waals surface area contributed by atoms with Crippen molar-refractivity contribution in [3.05, 3.63) is 29.6 Å². The first-order valence-corrected chi connectivity index (χ1v) is 7.18. The van der Waals surface area contributed by atoms with E-state index < -0.39 is 0 Å². The Morgan fingerprint density at radius 3 is 3.00 bits per heavy atom. The molecule has 2 atom stereocenters. The smallest absolute Gasteiger partial charge is 0.123 e. The lowest BCUT2D eigenvalue weighted by Gasteiger charge is -2.27. The van der Waals surface area contributed by atoms with Gasteiger partial charge in [-0.1, -0.05) is 18.3 Å². The van der Waals surface area contributed by atoms with E-state index in [4.69, 9.17) is 18.0 Å². The fraction of sp³-hybridized carbons (Fsp3) is 0.571. The second-order valence-electron chi connectivity index (χ2n) is 5.61. The quantitative estimate of drug-likeness (QED) is 0.757. The molecule has 2 unspecified atom stereocenters. The number of hydrogen-bond donors (Lipinski definition) is 2. The minimum atomic E-state index is -0.259. The van der Waals surface area contributed by atoms with Crippen LogP contribution in [0.2, 0.25) is 0 Å². The molecular formula is C14H22N4OS. The standard InChI is InChI=1S/C14H22N4OS/c1-17(2)8-11-6-12(19)9-18(11)7-10-4-3-5-16-13(10)14(15)20/h3-5,11-12,19H,6-9H2,1-2H3,(H2,15,20). The predicted octanol–water partition coefficient (Wildman–Crippen LogP) is 0.213. The molecule has 0 bridgehead atoms. The summed E-state index contributed by atoms with van der Waals surface area (Å²) in [7, 11) is 4.10. The molecule has 0 radical (unpaired) electrons. The van der Waals surface area contributed by atoms with Crippen molar-refractivity contribution in [2.75, 3.05) is 27.2 Å². The Kier molecular flexibility index (Phi) is 5.04. The van der Waals surface area contributed by atoms with E-state index in [0.29, 0.717) is 23.3 Å². The molecule has 1 aromatic heterocycles. The molecule has 1 saturated heterocycles. The van der Waals surface area contributed by atoms with Crippen molar-refractivity contribution in [3.8, 4) is 0 Å². The van der Waals surface area contributed by atoms with E-state index in [1.807, 2.05) is 26.2 Å². The molecule has 6 heteroatoms. The van der Waals surface area contributed by atoms with Gasteiger partial charge < -0.3 is 15.7 Å². The summed E-state index contributed by atoms with van der Waals surface area (Å²) in [4.78, 5) is 9.01. The molecule has 2 heterocycles. The van der Waals surface area contributed by atoms with Gasteiger partial charge in [0.25, 0.3) is 0 Å². The third-order valence-electron chi connectivity index (χ3n) is 3.58. The zero-order valence-corrected chi connectivity index (χ0v) is 12.8. The Labute approximate surface area is 125 Å². The number of aliphatic hydroxyl groups excluding tert-OH is 1. The number of rotatable bonds is 5. The number of nitrogens with two attached hydrogens (primary N) is 1. The van der Waals surface area contributed by atoms with Crippen LogP contribution in [0.5, 0.6) is 0 Å². The van der Waals surface area contributed by atoms with Crippen molar-refractivity contribution in [1.82, 2.24) is 14.8 Å². The molecule has 1 fully saturated rings. The summed E-state index contributed by atoms with van der Waals surface area (Å²) in [5.41, 5.74) is 7.44. The fourth-order valence-corrected chi connectivity index (χ4v) is 2.95. The number of thiocarbonyl (C=S) groups is 1. The molecule has 0 aromatic carbocycles. The van der Waals surface area contributed by atoms with Crippen LogP contribution in [0.1, 0.15) is 17.7 Å². The number of pyridine rings is 1. The molecule has 0 aliphatic carbocycles.